The minimum absolute atomic E-state index is 0.164. The lowest BCUT2D eigenvalue weighted by molar-refractivity contribution is -0.137. The average molecular weight is 340 g/mol. The zero-order valence-electron chi connectivity index (χ0n) is 13.8. The molecule has 2 aromatic rings. The Labute approximate surface area is 146 Å². The van der Waals surface area contributed by atoms with Gasteiger partial charge in [-0.05, 0) is 30.9 Å². The largest absolute Gasteiger partial charge is 0.480 e. The number of pyridine rings is 1. The second kappa shape index (κ2) is 7.79. The first kappa shape index (κ1) is 17.0. The van der Waals surface area contributed by atoms with Gasteiger partial charge in [-0.2, -0.15) is 0 Å². The highest BCUT2D eigenvalue weighted by atomic mass is 16.5. The second-order valence-electron chi connectivity index (χ2n) is 6.09. The zero-order valence-corrected chi connectivity index (χ0v) is 13.8. The third-order valence-corrected chi connectivity index (χ3v) is 4.15. The van der Waals surface area contributed by atoms with Crippen LogP contribution in [0.15, 0.2) is 48.7 Å². The fourth-order valence-electron chi connectivity index (χ4n) is 2.62. The number of amides is 1. The maximum absolute atomic E-state index is 12.8. The van der Waals surface area contributed by atoms with Gasteiger partial charge in [-0.25, -0.2) is 4.98 Å². The zero-order chi connectivity index (χ0) is 17.6. The first-order chi connectivity index (χ1) is 12.1. The van der Waals surface area contributed by atoms with E-state index in [1.807, 2.05) is 30.3 Å². The number of rotatable bonds is 7. The molecule has 1 fully saturated rings. The highest BCUT2D eigenvalue weighted by Crippen LogP contribution is 2.24. The molecule has 25 heavy (non-hydrogen) atoms. The molecule has 0 spiro atoms. The summed E-state index contributed by atoms with van der Waals surface area (Å²) in [6, 6.07) is 12.5. The number of carbonyl (C=O) groups is 2. The summed E-state index contributed by atoms with van der Waals surface area (Å²) in [5.41, 5.74) is 1.25. The number of hydrogen-bond acceptors (Lipinski definition) is 4. The third-order valence-electron chi connectivity index (χ3n) is 4.15. The van der Waals surface area contributed by atoms with Gasteiger partial charge >= 0.3 is 5.97 Å². The SMILES string of the molecule is O=C(O)CN(Cc1ccccc1)C(=O)c1ccnc(OC2CCC2)c1. The fourth-order valence-corrected chi connectivity index (χ4v) is 2.62. The van der Waals surface area contributed by atoms with E-state index in [-0.39, 0.29) is 25.1 Å². The summed E-state index contributed by atoms with van der Waals surface area (Å²) in [6.45, 7) is -0.137. The number of carboxylic acids is 1. The van der Waals surface area contributed by atoms with E-state index in [1.165, 1.54) is 11.1 Å². The van der Waals surface area contributed by atoms with Crippen molar-refractivity contribution >= 4 is 11.9 Å². The summed E-state index contributed by atoms with van der Waals surface area (Å²) in [7, 11) is 0. The van der Waals surface area contributed by atoms with Crippen molar-refractivity contribution in [3.63, 3.8) is 0 Å². The maximum Gasteiger partial charge on any atom is 0.323 e. The molecule has 0 radical (unpaired) electrons. The van der Waals surface area contributed by atoms with E-state index in [2.05, 4.69) is 4.98 Å². The number of aliphatic carboxylic acids is 1. The van der Waals surface area contributed by atoms with Gasteiger partial charge in [-0.15, -0.1) is 0 Å². The Hall–Kier alpha value is -2.89. The quantitative estimate of drug-likeness (QED) is 0.838. The molecular formula is C19H20N2O4. The number of nitrogens with zero attached hydrogens (tertiary/aromatic N) is 2. The Morgan fingerprint density at radius 3 is 2.60 bits per heavy atom. The lowest BCUT2D eigenvalue weighted by atomic mass is 9.96. The van der Waals surface area contributed by atoms with E-state index in [9.17, 15) is 9.59 Å². The second-order valence-corrected chi connectivity index (χ2v) is 6.09. The number of ether oxygens (including phenoxy) is 1. The van der Waals surface area contributed by atoms with Crippen molar-refractivity contribution in [1.29, 1.82) is 0 Å². The smallest absolute Gasteiger partial charge is 0.323 e. The number of carboxylic acid groups (broad SMARTS) is 1. The molecule has 1 heterocycles. The van der Waals surface area contributed by atoms with Gasteiger partial charge in [0.05, 0.1) is 0 Å². The maximum atomic E-state index is 12.8. The summed E-state index contributed by atoms with van der Waals surface area (Å²) in [6.07, 6.45) is 4.82. The summed E-state index contributed by atoms with van der Waals surface area (Å²) in [5, 5.41) is 9.14. The van der Waals surface area contributed by atoms with Crippen molar-refractivity contribution in [2.45, 2.75) is 31.9 Å². The monoisotopic (exact) mass is 340 g/mol. The van der Waals surface area contributed by atoms with Gasteiger partial charge in [0.25, 0.3) is 5.91 Å². The molecule has 0 bridgehead atoms. The molecule has 130 valence electrons. The van der Waals surface area contributed by atoms with Crippen molar-refractivity contribution < 1.29 is 19.4 Å². The minimum Gasteiger partial charge on any atom is -0.480 e. The van der Waals surface area contributed by atoms with Crippen molar-refractivity contribution in [2.24, 2.45) is 0 Å². The Balaban J connectivity index is 1.76. The van der Waals surface area contributed by atoms with Crippen LogP contribution in [0, 0.1) is 0 Å². The molecule has 1 aromatic heterocycles. The minimum atomic E-state index is -1.05. The number of hydrogen-bond donors (Lipinski definition) is 1. The Bertz CT molecular complexity index is 744. The van der Waals surface area contributed by atoms with Crippen LogP contribution >= 0.6 is 0 Å². The number of benzene rings is 1. The van der Waals surface area contributed by atoms with E-state index < -0.39 is 5.97 Å². The van der Waals surface area contributed by atoms with Gasteiger partial charge in [-0.1, -0.05) is 30.3 Å². The standard InChI is InChI=1S/C19H20N2O4/c22-18(23)13-21(12-14-5-2-1-3-6-14)19(24)15-9-10-20-17(11-15)25-16-7-4-8-16/h1-3,5-6,9-11,16H,4,7-8,12-13H2,(H,22,23). The Kier molecular flexibility index (Phi) is 5.28. The van der Waals surface area contributed by atoms with E-state index in [4.69, 9.17) is 9.84 Å². The molecule has 0 aliphatic heterocycles. The molecule has 1 aliphatic rings. The van der Waals surface area contributed by atoms with Crippen LogP contribution in [-0.2, 0) is 11.3 Å². The lowest BCUT2D eigenvalue weighted by Crippen LogP contribution is -2.35. The predicted octanol–water partition coefficient (Wildman–Crippen LogP) is 2.74. The van der Waals surface area contributed by atoms with Gasteiger partial charge in [0.2, 0.25) is 5.88 Å². The van der Waals surface area contributed by atoms with Crippen LogP contribution < -0.4 is 4.74 Å². The van der Waals surface area contributed by atoms with E-state index in [0.29, 0.717) is 11.4 Å². The molecule has 0 unspecified atom stereocenters. The third kappa shape index (κ3) is 4.56. The van der Waals surface area contributed by atoms with Gasteiger partial charge < -0.3 is 14.7 Å². The molecule has 1 amide bonds. The normalized spacial score (nSPS) is 13.8. The van der Waals surface area contributed by atoms with Crippen molar-refractivity contribution in [3.05, 3.63) is 59.8 Å². The average Bonchev–Trinajstić information content (AvgIpc) is 2.58. The lowest BCUT2D eigenvalue weighted by Gasteiger charge is -2.26. The first-order valence-electron chi connectivity index (χ1n) is 8.29. The van der Waals surface area contributed by atoms with Gasteiger partial charge in [0.1, 0.15) is 12.6 Å². The van der Waals surface area contributed by atoms with Crippen LogP contribution in [0.1, 0.15) is 35.2 Å². The predicted molar refractivity (Wildman–Crippen MR) is 91.3 cm³/mol. The van der Waals surface area contributed by atoms with E-state index >= 15 is 0 Å². The summed E-state index contributed by atoms with van der Waals surface area (Å²) < 4.78 is 5.72. The Morgan fingerprint density at radius 1 is 1.20 bits per heavy atom. The molecule has 1 aromatic carbocycles. The molecule has 1 N–H and O–H groups in total. The summed E-state index contributed by atoms with van der Waals surface area (Å²) >= 11 is 0. The topological polar surface area (TPSA) is 79.7 Å². The highest BCUT2D eigenvalue weighted by Gasteiger charge is 2.22. The van der Waals surface area contributed by atoms with Gasteiger partial charge in [0.15, 0.2) is 0 Å². The van der Waals surface area contributed by atoms with Crippen LogP contribution in [0.5, 0.6) is 5.88 Å². The first-order valence-corrected chi connectivity index (χ1v) is 8.29. The molecule has 6 heteroatoms. The molecule has 1 aliphatic carbocycles. The molecule has 0 atom stereocenters. The molecule has 0 saturated heterocycles. The van der Waals surface area contributed by atoms with Crippen molar-refractivity contribution in [1.82, 2.24) is 9.88 Å². The molecule has 1 saturated carbocycles. The van der Waals surface area contributed by atoms with Crippen LogP contribution in [-0.4, -0.2) is 39.5 Å². The molecule has 3 rings (SSSR count). The summed E-state index contributed by atoms with van der Waals surface area (Å²) in [4.78, 5) is 29.4. The summed E-state index contributed by atoms with van der Waals surface area (Å²) in [5.74, 6) is -0.998. The fraction of sp³-hybridized carbons (Fsp3) is 0.316. The van der Waals surface area contributed by atoms with Crippen LogP contribution in [0.3, 0.4) is 0 Å². The van der Waals surface area contributed by atoms with Crippen LogP contribution in [0.4, 0.5) is 0 Å². The molecule has 6 nitrogen and oxygen atoms in total. The van der Waals surface area contributed by atoms with E-state index in [1.54, 1.807) is 12.1 Å². The van der Waals surface area contributed by atoms with Gasteiger partial charge in [-0.3, -0.25) is 9.59 Å². The highest BCUT2D eigenvalue weighted by molar-refractivity contribution is 5.96. The van der Waals surface area contributed by atoms with Crippen molar-refractivity contribution in [2.75, 3.05) is 6.54 Å². The Morgan fingerprint density at radius 2 is 1.96 bits per heavy atom. The van der Waals surface area contributed by atoms with Crippen LogP contribution in [0.2, 0.25) is 0 Å². The van der Waals surface area contributed by atoms with Gasteiger partial charge in [0, 0.05) is 24.4 Å². The van der Waals surface area contributed by atoms with Crippen LogP contribution in [0.25, 0.3) is 0 Å². The number of aromatic nitrogens is 1. The van der Waals surface area contributed by atoms with Crippen molar-refractivity contribution in [3.8, 4) is 5.88 Å². The molecular weight excluding hydrogens is 320 g/mol. The number of carbonyl (C=O) groups excluding carboxylic acids is 1. The van der Waals surface area contributed by atoms with E-state index in [0.717, 1.165) is 24.8 Å².